The lowest BCUT2D eigenvalue weighted by molar-refractivity contribution is -0.385. The van der Waals surface area contributed by atoms with E-state index in [2.05, 4.69) is 26.5 Å². The van der Waals surface area contributed by atoms with Gasteiger partial charge in [0, 0.05) is 11.1 Å². The van der Waals surface area contributed by atoms with Crippen LogP contribution in [0.1, 0.15) is 5.56 Å². The van der Waals surface area contributed by atoms with Crippen molar-refractivity contribution in [2.75, 3.05) is 6.61 Å². The highest BCUT2D eigenvalue weighted by atomic mass is 79.9. The van der Waals surface area contributed by atoms with Crippen molar-refractivity contribution in [2.45, 2.75) is 0 Å². The van der Waals surface area contributed by atoms with Gasteiger partial charge in [0.15, 0.2) is 6.61 Å². The molecular formula is C15H11BrClN3O4. The number of ether oxygens (including phenoxy) is 1. The standard InChI is InChI=1S/C15H11BrClN3O4/c16-12-7-11(17)5-6-14(12)24-9-15(21)19-18-8-10-3-1-2-4-13(10)20(22)23/h1-8H,9H2,(H,19,21)/b18-8+. The predicted octanol–water partition coefficient (Wildman–Crippen LogP) is 3.54. The summed E-state index contributed by atoms with van der Waals surface area (Å²) in [5.41, 5.74) is 2.42. The molecule has 0 fully saturated rings. The zero-order valence-electron chi connectivity index (χ0n) is 12.1. The minimum atomic E-state index is -0.523. The van der Waals surface area contributed by atoms with Crippen LogP contribution < -0.4 is 10.2 Å². The molecule has 9 heteroatoms. The highest BCUT2D eigenvalue weighted by Crippen LogP contribution is 2.27. The third-order valence-corrected chi connectivity index (χ3v) is 3.63. The van der Waals surface area contributed by atoms with Gasteiger partial charge in [0.1, 0.15) is 5.75 Å². The van der Waals surface area contributed by atoms with Gasteiger partial charge >= 0.3 is 0 Å². The SMILES string of the molecule is O=C(COc1ccc(Cl)cc1Br)N/N=C/c1ccccc1[N+](=O)[O-]. The van der Waals surface area contributed by atoms with E-state index in [1.54, 1.807) is 30.3 Å². The van der Waals surface area contributed by atoms with Gasteiger partial charge in [0.05, 0.1) is 21.2 Å². The van der Waals surface area contributed by atoms with Crippen molar-refractivity contribution in [3.05, 3.63) is 67.6 Å². The molecule has 7 nitrogen and oxygen atoms in total. The number of rotatable bonds is 6. The quantitative estimate of drug-likeness (QED) is 0.446. The summed E-state index contributed by atoms with van der Waals surface area (Å²) >= 11 is 9.08. The summed E-state index contributed by atoms with van der Waals surface area (Å²) in [6, 6.07) is 11.0. The minimum absolute atomic E-state index is 0.100. The molecular weight excluding hydrogens is 402 g/mol. The average Bonchev–Trinajstić information content (AvgIpc) is 2.54. The van der Waals surface area contributed by atoms with Crippen LogP contribution in [-0.4, -0.2) is 23.7 Å². The van der Waals surface area contributed by atoms with Crippen LogP contribution in [0.15, 0.2) is 52.0 Å². The van der Waals surface area contributed by atoms with Crippen LogP contribution in [-0.2, 0) is 4.79 Å². The van der Waals surface area contributed by atoms with Crippen molar-refractivity contribution in [1.82, 2.24) is 5.43 Å². The van der Waals surface area contributed by atoms with Gasteiger partial charge in [-0.1, -0.05) is 23.7 Å². The van der Waals surface area contributed by atoms with Gasteiger partial charge in [-0.25, -0.2) is 5.43 Å². The summed E-state index contributed by atoms with van der Waals surface area (Å²) in [6.07, 6.45) is 1.20. The smallest absolute Gasteiger partial charge is 0.278 e. The molecule has 0 radical (unpaired) electrons. The molecule has 0 aliphatic rings. The summed E-state index contributed by atoms with van der Waals surface area (Å²) in [7, 11) is 0. The zero-order valence-corrected chi connectivity index (χ0v) is 14.5. The van der Waals surface area contributed by atoms with Gasteiger partial charge in [0.25, 0.3) is 11.6 Å². The molecule has 2 aromatic rings. The molecule has 0 unspecified atom stereocenters. The molecule has 0 saturated carbocycles. The summed E-state index contributed by atoms with van der Waals surface area (Å²) < 4.78 is 5.94. The lowest BCUT2D eigenvalue weighted by Gasteiger charge is -2.07. The highest BCUT2D eigenvalue weighted by molar-refractivity contribution is 9.10. The van der Waals surface area contributed by atoms with Crippen LogP contribution in [0, 0.1) is 10.1 Å². The molecule has 0 aliphatic carbocycles. The van der Waals surface area contributed by atoms with Crippen molar-refractivity contribution in [3.63, 3.8) is 0 Å². The van der Waals surface area contributed by atoms with Crippen molar-refractivity contribution in [1.29, 1.82) is 0 Å². The first-order chi connectivity index (χ1) is 11.5. The molecule has 1 N–H and O–H groups in total. The number of nitro groups is 1. The van der Waals surface area contributed by atoms with Crippen LogP contribution in [0.4, 0.5) is 5.69 Å². The van der Waals surface area contributed by atoms with Gasteiger partial charge in [-0.3, -0.25) is 14.9 Å². The highest BCUT2D eigenvalue weighted by Gasteiger charge is 2.10. The summed E-state index contributed by atoms with van der Waals surface area (Å²) in [6.45, 7) is -0.269. The van der Waals surface area contributed by atoms with Crippen molar-refractivity contribution in [3.8, 4) is 5.75 Å². The molecule has 2 aromatic carbocycles. The Morgan fingerprint density at radius 2 is 2.12 bits per heavy atom. The fraction of sp³-hybridized carbons (Fsp3) is 0.0667. The van der Waals surface area contributed by atoms with E-state index in [0.29, 0.717) is 15.2 Å². The van der Waals surface area contributed by atoms with Gasteiger partial charge in [-0.05, 0) is 40.2 Å². The molecule has 1 amide bonds. The molecule has 0 atom stereocenters. The number of carbonyl (C=O) groups is 1. The van der Waals surface area contributed by atoms with Crippen molar-refractivity contribution < 1.29 is 14.5 Å². The maximum atomic E-state index is 11.7. The number of amides is 1. The summed E-state index contributed by atoms with van der Waals surface area (Å²) in [4.78, 5) is 22.0. The Labute approximate surface area is 150 Å². The first-order valence-electron chi connectivity index (χ1n) is 6.60. The Balaban J connectivity index is 1.90. The molecule has 124 valence electrons. The molecule has 0 aromatic heterocycles. The monoisotopic (exact) mass is 411 g/mol. The number of hydrogen-bond acceptors (Lipinski definition) is 5. The number of nitrogens with zero attached hydrogens (tertiary/aromatic N) is 2. The largest absolute Gasteiger partial charge is 0.483 e. The number of nitro benzene ring substituents is 1. The van der Waals surface area contributed by atoms with Gasteiger partial charge in [0.2, 0.25) is 0 Å². The maximum Gasteiger partial charge on any atom is 0.278 e. The minimum Gasteiger partial charge on any atom is -0.483 e. The van der Waals surface area contributed by atoms with E-state index in [4.69, 9.17) is 16.3 Å². The number of hydrogen-bond donors (Lipinski definition) is 1. The van der Waals surface area contributed by atoms with E-state index in [-0.39, 0.29) is 17.9 Å². The second-order valence-electron chi connectivity index (χ2n) is 4.47. The number of halogens is 2. The zero-order chi connectivity index (χ0) is 17.5. The van der Waals surface area contributed by atoms with Crippen LogP contribution in [0.5, 0.6) is 5.75 Å². The Morgan fingerprint density at radius 1 is 1.38 bits per heavy atom. The van der Waals surface area contributed by atoms with E-state index < -0.39 is 10.8 Å². The second-order valence-corrected chi connectivity index (χ2v) is 5.76. The van der Waals surface area contributed by atoms with Crippen LogP contribution in [0.3, 0.4) is 0 Å². The van der Waals surface area contributed by atoms with Crippen LogP contribution in [0.2, 0.25) is 5.02 Å². The van der Waals surface area contributed by atoms with Crippen LogP contribution >= 0.6 is 27.5 Å². The first kappa shape index (κ1) is 17.9. The number of benzene rings is 2. The molecule has 0 aliphatic heterocycles. The van der Waals surface area contributed by atoms with Gasteiger partial charge < -0.3 is 4.74 Å². The van der Waals surface area contributed by atoms with E-state index in [9.17, 15) is 14.9 Å². The van der Waals surface area contributed by atoms with Crippen molar-refractivity contribution >= 4 is 45.3 Å². The Hall–Kier alpha value is -2.45. The normalized spacial score (nSPS) is 10.6. The second kappa shape index (κ2) is 8.42. The molecule has 2 rings (SSSR count). The van der Waals surface area contributed by atoms with Gasteiger partial charge in [-0.15, -0.1) is 0 Å². The molecule has 0 saturated heterocycles. The van der Waals surface area contributed by atoms with Crippen LogP contribution in [0.25, 0.3) is 0 Å². The summed E-state index contributed by atoms with van der Waals surface area (Å²) in [5, 5.41) is 15.1. The lowest BCUT2D eigenvalue weighted by atomic mass is 10.2. The predicted molar refractivity (Wildman–Crippen MR) is 93.5 cm³/mol. The number of carbonyl (C=O) groups excluding carboxylic acids is 1. The summed E-state index contributed by atoms with van der Waals surface area (Å²) in [5.74, 6) is -0.0519. The Morgan fingerprint density at radius 3 is 2.83 bits per heavy atom. The van der Waals surface area contributed by atoms with E-state index >= 15 is 0 Å². The third-order valence-electron chi connectivity index (χ3n) is 2.78. The Kier molecular flexibility index (Phi) is 6.28. The topological polar surface area (TPSA) is 93.8 Å². The first-order valence-corrected chi connectivity index (χ1v) is 7.77. The van der Waals surface area contributed by atoms with E-state index in [1.165, 1.54) is 18.3 Å². The van der Waals surface area contributed by atoms with E-state index in [0.717, 1.165) is 0 Å². The number of para-hydroxylation sites is 1. The molecule has 24 heavy (non-hydrogen) atoms. The van der Waals surface area contributed by atoms with Gasteiger partial charge in [-0.2, -0.15) is 5.10 Å². The molecule has 0 heterocycles. The average molecular weight is 413 g/mol. The number of hydrazone groups is 1. The maximum absolute atomic E-state index is 11.7. The van der Waals surface area contributed by atoms with E-state index in [1.807, 2.05) is 0 Å². The molecule has 0 bridgehead atoms. The lowest BCUT2D eigenvalue weighted by Crippen LogP contribution is -2.24. The van der Waals surface area contributed by atoms with Crippen molar-refractivity contribution in [2.24, 2.45) is 5.10 Å². The number of nitrogens with one attached hydrogen (secondary N) is 1. The fourth-order valence-electron chi connectivity index (χ4n) is 1.70. The fourth-order valence-corrected chi connectivity index (χ4v) is 2.50. The third kappa shape index (κ3) is 5.04. The Bertz CT molecular complexity index is 798. The molecule has 0 spiro atoms.